The van der Waals surface area contributed by atoms with E-state index in [0.717, 1.165) is 11.4 Å². The van der Waals surface area contributed by atoms with Gasteiger partial charge < -0.3 is 5.32 Å². The maximum Gasteiger partial charge on any atom is 0.260 e. The van der Waals surface area contributed by atoms with E-state index in [4.69, 9.17) is 0 Å². The number of H-pyrrole nitrogens is 1. The normalized spacial score (nSPS) is 15.2. The number of nitrogens with zero attached hydrogens (tertiary/aromatic N) is 4. The first-order valence-corrected chi connectivity index (χ1v) is 8.61. The summed E-state index contributed by atoms with van der Waals surface area (Å²) in [6.07, 6.45) is 12.8. The van der Waals surface area contributed by atoms with Crippen LogP contribution in [0.3, 0.4) is 0 Å². The predicted molar refractivity (Wildman–Crippen MR) is 93.7 cm³/mol. The van der Waals surface area contributed by atoms with Gasteiger partial charge in [-0.15, -0.1) is 0 Å². The van der Waals surface area contributed by atoms with Gasteiger partial charge in [0.1, 0.15) is 0 Å². The molecule has 7 nitrogen and oxygen atoms in total. The van der Waals surface area contributed by atoms with E-state index in [1.54, 1.807) is 23.3 Å². The number of amides is 1. The summed E-state index contributed by atoms with van der Waals surface area (Å²) in [4.78, 5) is 16.5. The van der Waals surface area contributed by atoms with Crippen LogP contribution in [-0.4, -0.2) is 30.9 Å². The van der Waals surface area contributed by atoms with Crippen molar-refractivity contribution in [3.8, 4) is 5.69 Å². The molecule has 25 heavy (non-hydrogen) atoms. The summed E-state index contributed by atoms with van der Waals surface area (Å²) in [6, 6.07) is 5.65. The van der Waals surface area contributed by atoms with Crippen LogP contribution in [0, 0.1) is 0 Å². The van der Waals surface area contributed by atoms with Crippen LogP contribution in [0.4, 0.5) is 5.82 Å². The fraction of sp³-hybridized carbons (Fsp3) is 0.333. The molecule has 3 aromatic rings. The fourth-order valence-corrected chi connectivity index (χ4v) is 3.28. The van der Waals surface area contributed by atoms with Crippen LogP contribution in [0.15, 0.2) is 43.0 Å². The molecular weight excluding hydrogens is 316 g/mol. The molecule has 4 rings (SSSR count). The minimum Gasteiger partial charge on any atom is -0.305 e. The molecule has 1 saturated carbocycles. The Balaban J connectivity index is 1.44. The van der Waals surface area contributed by atoms with E-state index in [9.17, 15) is 4.79 Å². The molecule has 0 radical (unpaired) electrons. The number of hydrogen-bond donors (Lipinski definition) is 2. The van der Waals surface area contributed by atoms with Crippen molar-refractivity contribution >= 4 is 11.7 Å². The molecule has 0 atom stereocenters. The highest BCUT2D eigenvalue weighted by Gasteiger charge is 2.18. The Bertz CT molecular complexity index is 847. The van der Waals surface area contributed by atoms with Crippen LogP contribution < -0.4 is 5.32 Å². The number of aromatic nitrogens is 5. The van der Waals surface area contributed by atoms with Gasteiger partial charge in [0, 0.05) is 30.1 Å². The molecule has 0 spiro atoms. The highest BCUT2D eigenvalue weighted by atomic mass is 16.1. The maximum absolute atomic E-state index is 12.4. The van der Waals surface area contributed by atoms with Crippen LogP contribution in [0.25, 0.3) is 5.69 Å². The zero-order valence-electron chi connectivity index (χ0n) is 13.9. The van der Waals surface area contributed by atoms with Crippen molar-refractivity contribution in [1.29, 1.82) is 0 Å². The Kier molecular flexibility index (Phi) is 4.28. The third-order valence-corrected chi connectivity index (χ3v) is 4.64. The minimum atomic E-state index is -0.225. The first-order chi connectivity index (χ1) is 12.3. The largest absolute Gasteiger partial charge is 0.305 e. The van der Waals surface area contributed by atoms with Gasteiger partial charge in [0.15, 0.2) is 5.82 Å². The Morgan fingerprint density at radius 2 is 2.12 bits per heavy atom. The van der Waals surface area contributed by atoms with E-state index < -0.39 is 0 Å². The highest BCUT2D eigenvalue weighted by Crippen LogP contribution is 2.32. The molecule has 1 fully saturated rings. The average molecular weight is 336 g/mol. The van der Waals surface area contributed by atoms with Gasteiger partial charge in [-0.2, -0.15) is 10.2 Å². The van der Waals surface area contributed by atoms with Crippen molar-refractivity contribution in [3.05, 3.63) is 54.2 Å². The van der Waals surface area contributed by atoms with Crippen molar-refractivity contribution in [2.45, 2.75) is 38.0 Å². The second-order valence-corrected chi connectivity index (χ2v) is 6.38. The lowest BCUT2D eigenvalue weighted by atomic mass is 9.87. The summed E-state index contributed by atoms with van der Waals surface area (Å²) < 4.78 is 1.62. The second kappa shape index (κ2) is 6.88. The van der Waals surface area contributed by atoms with Crippen molar-refractivity contribution in [2.75, 3.05) is 5.32 Å². The van der Waals surface area contributed by atoms with Crippen LogP contribution in [0.1, 0.15) is 54.1 Å². The van der Waals surface area contributed by atoms with Gasteiger partial charge in [-0.1, -0.05) is 19.3 Å². The number of carbonyl (C=O) groups excluding carboxylic acids is 1. The van der Waals surface area contributed by atoms with E-state index >= 15 is 0 Å². The molecule has 1 aliphatic carbocycles. The number of anilines is 1. The molecule has 0 saturated heterocycles. The Morgan fingerprint density at radius 3 is 2.92 bits per heavy atom. The number of pyridine rings is 1. The van der Waals surface area contributed by atoms with E-state index in [2.05, 4.69) is 25.6 Å². The van der Waals surface area contributed by atoms with E-state index in [0.29, 0.717) is 17.3 Å². The van der Waals surface area contributed by atoms with Crippen LogP contribution >= 0.6 is 0 Å². The Labute approximate surface area is 145 Å². The molecule has 0 aromatic carbocycles. The van der Waals surface area contributed by atoms with Gasteiger partial charge in [0.25, 0.3) is 5.91 Å². The number of nitrogens with one attached hydrogen (secondary N) is 2. The molecule has 0 bridgehead atoms. The average Bonchev–Trinajstić information content (AvgIpc) is 3.33. The number of aromatic amines is 1. The van der Waals surface area contributed by atoms with Crippen molar-refractivity contribution in [1.82, 2.24) is 25.0 Å². The topological polar surface area (TPSA) is 88.5 Å². The van der Waals surface area contributed by atoms with Gasteiger partial charge in [0.05, 0.1) is 23.6 Å². The zero-order chi connectivity index (χ0) is 17.1. The van der Waals surface area contributed by atoms with Crippen LogP contribution in [0.5, 0.6) is 0 Å². The lowest BCUT2D eigenvalue weighted by Gasteiger charge is -2.19. The molecule has 0 aliphatic heterocycles. The monoisotopic (exact) mass is 336 g/mol. The lowest BCUT2D eigenvalue weighted by Crippen LogP contribution is -2.11. The molecule has 2 N–H and O–H groups in total. The minimum absolute atomic E-state index is 0.225. The van der Waals surface area contributed by atoms with Gasteiger partial charge in [-0.25, -0.2) is 4.68 Å². The molecule has 3 aromatic heterocycles. The number of carbonyl (C=O) groups is 1. The first kappa shape index (κ1) is 15.6. The quantitative estimate of drug-likeness (QED) is 0.765. The summed E-state index contributed by atoms with van der Waals surface area (Å²) in [6.45, 7) is 0. The SMILES string of the molecule is O=C(Nc1cc(C2CCCCC2)[nH]n1)c1cnn(-c2cccnc2)c1. The van der Waals surface area contributed by atoms with Crippen molar-refractivity contribution in [3.63, 3.8) is 0 Å². The molecule has 7 heteroatoms. The van der Waals surface area contributed by atoms with Gasteiger partial charge in [-0.05, 0) is 25.0 Å². The summed E-state index contributed by atoms with van der Waals surface area (Å²) in [5, 5.41) is 14.3. The summed E-state index contributed by atoms with van der Waals surface area (Å²) >= 11 is 0. The standard InChI is InChI=1S/C18H20N6O/c25-18(14-10-20-24(12-14)15-7-4-8-19-11-15)21-17-9-16(22-23-17)13-5-2-1-3-6-13/h4,7-13H,1-3,5-6H2,(H2,21,22,23,25). The summed E-state index contributed by atoms with van der Waals surface area (Å²) in [5.74, 6) is 0.858. The fourth-order valence-electron chi connectivity index (χ4n) is 3.28. The van der Waals surface area contributed by atoms with E-state index in [1.165, 1.54) is 38.3 Å². The first-order valence-electron chi connectivity index (χ1n) is 8.61. The van der Waals surface area contributed by atoms with Crippen molar-refractivity contribution < 1.29 is 4.79 Å². The molecule has 3 heterocycles. The predicted octanol–water partition coefficient (Wildman–Crippen LogP) is 3.29. The third-order valence-electron chi connectivity index (χ3n) is 4.64. The molecule has 128 valence electrons. The number of hydrogen-bond acceptors (Lipinski definition) is 4. The van der Waals surface area contributed by atoms with Gasteiger partial charge in [-0.3, -0.25) is 14.9 Å². The van der Waals surface area contributed by atoms with E-state index in [1.807, 2.05) is 18.2 Å². The van der Waals surface area contributed by atoms with E-state index in [-0.39, 0.29) is 5.91 Å². The highest BCUT2D eigenvalue weighted by molar-refractivity contribution is 6.03. The van der Waals surface area contributed by atoms with Crippen LogP contribution in [0.2, 0.25) is 0 Å². The lowest BCUT2D eigenvalue weighted by molar-refractivity contribution is 0.102. The summed E-state index contributed by atoms with van der Waals surface area (Å²) in [5.41, 5.74) is 2.40. The smallest absolute Gasteiger partial charge is 0.260 e. The molecular formula is C18H20N6O. The molecule has 1 aliphatic rings. The Hall–Kier alpha value is -2.96. The molecule has 0 unspecified atom stereocenters. The Morgan fingerprint density at radius 1 is 1.24 bits per heavy atom. The van der Waals surface area contributed by atoms with Gasteiger partial charge in [0.2, 0.25) is 0 Å². The third kappa shape index (κ3) is 3.45. The maximum atomic E-state index is 12.4. The second-order valence-electron chi connectivity index (χ2n) is 6.38. The van der Waals surface area contributed by atoms with Crippen LogP contribution in [-0.2, 0) is 0 Å². The zero-order valence-corrected chi connectivity index (χ0v) is 13.9. The van der Waals surface area contributed by atoms with Crippen molar-refractivity contribution in [2.24, 2.45) is 0 Å². The molecule has 1 amide bonds. The van der Waals surface area contributed by atoms with Gasteiger partial charge >= 0.3 is 0 Å². The summed E-state index contributed by atoms with van der Waals surface area (Å²) in [7, 11) is 0. The number of rotatable bonds is 4.